The van der Waals surface area contributed by atoms with Gasteiger partial charge in [-0.2, -0.15) is 5.10 Å². The molecule has 0 bridgehead atoms. The number of amides is 3. The number of hydrazone groups is 1. The number of nitrogens with one attached hydrogen (secondary N) is 1. The van der Waals surface area contributed by atoms with Crippen molar-refractivity contribution in [1.29, 1.82) is 0 Å². The lowest BCUT2D eigenvalue weighted by atomic mass is 9.67. The molecule has 0 unspecified atom stereocenters. The Bertz CT molecular complexity index is 717. The molecule has 2 rings (SSSR count). The Hall–Kier alpha value is -3.12. The second-order valence-corrected chi connectivity index (χ2v) is 6.40. The standard InChI is InChI=1S/C17H21N3O9/c21-12(19-18-11-9-17(10-11,15(24)25)16(26)27)3-5-28-7-8-29-6-4-20-13(22)1-2-14(20)23/h1-2H,3-10H2,(H,19,21)(H,24,25)(H,26,27). The van der Waals surface area contributed by atoms with Crippen LogP contribution in [0.2, 0.25) is 0 Å². The second kappa shape index (κ2) is 9.89. The molecule has 0 atom stereocenters. The van der Waals surface area contributed by atoms with Crippen molar-refractivity contribution in [3.8, 4) is 0 Å². The van der Waals surface area contributed by atoms with Crippen molar-refractivity contribution in [3.05, 3.63) is 12.2 Å². The van der Waals surface area contributed by atoms with Gasteiger partial charge in [0.15, 0.2) is 5.41 Å². The number of rotatable bonds is 12. The number of imide groups is 1. The average Bonchev–Trinajstić information content (AvgIpc) is 2.93. The van der Waals surface area contributed by atoms with Crippen molar-refractivity contribution < 1.29 is 43.7 Å². The highest BCUT2D eigenvalue weighted by Gasteiger charge is 2.55. The largest absolute Gasteiger partial charge is 0.480 e. The Labute approximate surface area is 165 Å². The fourth-order valence-electron chi connectivity index (χ4n) is 2.61. The Morgan fingerprint density at radius 2 is 1.55 bits per heavy atom. The Morgan fingerprint density at radius 3 is 2.10 bits per heavy atom. The van der Waals surface area contributed by atoms with Crippen LogP contribution in [0.15, 0.2) is 17.3 Å². The third-order valence-electron chi connectivity index (χ3n) is 4.37. The first-order chi connectivity index (χ1) is 13.8. The van der Waals surface area contributed by atoms with E-state index in [4.69, 9.17) is 19.7 Å². The fraction of sp³-hybridized carbons (Fsp3) is 0.529. The summed E-state index contributed by atoms with van der Waals surface area (Å²) < 4.78 is 10.5. The fourth-order valence-corrected chi connectivity index (χ4v) is 2.61. The van der Waals surface area contributed by atoms with Crippen LogP contribution >= 0.6 is 0 Å². The van der Waals surface area contributed by atoms with Crippen LogP contribution in [0.5, 0.6) is 0 Å². The van der Waals surface area contributed by atoms with Gasteiger partial charge in [-0.05, 0) is 0 Å². The van der Waals surface area contributed by atoms with Gasteiger partial charge >= 0.3 is 11.9 Å². The van der Waals surface area contributed by atoms with Crippen molar-refractivity contribution in [2.45, 2.75) is 19.3 Å². The van der Waals surface area contributed by atoms with Gasteiger partial charge in [0.05, 0.1) is 39.4 Å². The average molecular weight is 411 g/mol. The summed E-state index contributed by atoms with van der Waals surface area (Å²) in [7, 11) is 0. The van der Waals surface area contributed by atoms with E-state index in [1.165, 1.54) is 12.2 Å². The molecule has 0 aromatic carbocycles. The van der Waals surface area contributed by atoms with Crippen molar-refractivity contribution >= 4 is 35.4 Å². The molecule has 1 aliphatic carbocycles. The molecule has 158 valence electrons. The number of carboxylic acids is 2. The highest BCUT2D eigenvalue weighted by Crippen LogP contribution is 2.39. The highest BCUT2D eigenvalue weighted by molar-refractivity contribution is 6.13. The van der Waals surface area contributed by atoms with E-state index in [1.807, 2.05) is 0 Å². The van der Waals surface area contributed by atoms with E-state index >= 15 is 0 Å². The SMILES string of the molecule is O=C(CCOCCOCCN1C(=O)C=CC1=O)NN=C1CC(C(=O)O)(C(=O)O)C1. The third-order valence-corrected chi connectivity index (χ3v) is 4.37. The van der Waals surface area contributed by atoms with Gasteiger partial charge in [-0.25, -0.2) is 5.43 Å². The van der Waals surface area contributed by atoms with Gasteiger partial charge in [0.25, 0.3) is 11.8 Å². The predicted molar refractivity (Wildman–Crippen MR) is 94.6 cm³/mol. The van der Waals surface area contributed by atoms with Gasteiger partial charge in [-0.15, -0.1) is 0 Å². The minimum atomic E-state index is -1.86. The van der Waals surface area contributed by atoms with Gasteiger partial charge < -0.3 is 19.7 Å². The molecule has 1 saturated carbocycles. The van der Waals surface area contributed by atoms with Crippen LogP contribution in [-0.4, -0.2) is 83.5 Å². The molecular formula is C17H21N3O9. The number of hydrogen-bond acceptors (Lipinski definition) is 8. The number of nitrogens with zero attached hydrogens (tertiary/aromatic N) is 2. The van der Waals surface area contributed by atoms with Crippen LogP contribution in [0.25, 0.3) is 0 Å². The normalized spacial score (nSPS) is 17.2. The lowest BCUT2D eigenvalue weighted by Gasteiger charge is -2.34. The number of carboxylic acid groups (broad SMARTS) is 2. The van der Waals surface area contributed by atoms with E-state index in [1.54, 1.807) is 0 Å². The number of ether oxygens (including phenoxy) is 2. The first-order valence-electron chi connectivity index (χ1n) is 8.76. The van der Waals surface area contributed by atoms with Crippen LogP contribution in [0.4, 0.5) is 0 Å². The van der Waals surface area contributed by atoms with Crippen molar-refractivity contribution in [1.82, 2.24) is 10.3 Å². The van der Waals surface area contributed by atoms with Crippen LogP contribution < -0.4 is 5.43 Å². The van der Waals surface area contributed by atoms with E-state index in [9.17, 15) is 24.0 Å². The van der Waals surface area contributed by atoms with E-state index in [2.05, 4.69) is 10.5 Å². The summed E-state index contributed by atoms with van der Waals surface area (Å²) in [5.41, 5.74) is 0.659. The third kappa shape index (κ3) is 5.68. The van der Waals surface area contributed by atoms with E-state index in [0.717, 1.165) is 4.90 Å². The minimum Gasteiger partial charge on any atom is -0.480 e. The molecule has 0 saturated heterocycles. The van der Waals surface area contributed by atoms with Crippen LogP contribution in [0.1, 0.15) is 19.3 Å². The van der Waals surface area contributed by atoms with E-state index < -0.39 is 23.3 Å². The molecule has 1 heterocycles. The molecule has 3 N–H and O–H groups in total. The molecular weight excluding hydrogens is 390 g/mol. The zero-order chi connectivity index (χ0) is 21.4. The number of carbonyl (C=O) groups excluding carboxylic acids is 3. The maximum Gasteiger partial charge on any atom is 0.321 e. The summed E-state index contributed by atoms with van der Waals surface area (Å²) in [6, 6.07) is 0. The van der Waals surface area contributed by atoms with Crippen molar-refractivity contribution in [2.75, 3.05) is 33.0 Å². The number of hydrogen-bond donors (Lipinski definition) is 3. The quantitative estimate of drug-likeness (QED) is 0.154. The minimum absolute atomic E-state index is 0.00222. The first kappa shape index (κ1) is 22.2. The molecule has 1 aliphatic heterocycles. The molecule has 0 radical (unpaired) electrons. The van der Waals surface area contributed by atoms with Crippen molar-refractivity contribution in [2.24, 2.45) is 10.5 Å². The Kier molecular flexibility index (Phi) is 7.56. The maximum atomic E-state index is 11.6. The Morgan fingerprint density at radius 1 is 1.00 bits per heavy atom. The van der Waals surface area contributed by atoms with Gasteiger partial charge in [0, 0.05) is 30.7 Å². The number of aliphatic carboxylic acids is 2. The van der Waals surface area contributed by atoms with Crippen molar-refractivity contribution in [3.63, 3.8) is 0 Å². The topological polar surface area (TPSA) is 172 Å². The summed E-state index contributed by atoms with van der Waals surface area (Å²) in [6.07, 6.45) is 1.89. The molecule has 0 spiro atoms. The van der Waals surface area contributed by atoms with Crippen LogP contribution in [0.3, 0.4) is 0 Å². The molecule has 3 amide bonds. The van der Waals surface area contributed by atoms with Crippen LogP contribution in [0, 0.1) is 5.41 Å². The molecule has 29 heavy (non-hydrogen) atoms. The van der Waals surface area contributed by atoms with E-state index in [-0.39, 0.29) is 64.0 Å². The summed E-state index contributed by atoms with van der Waals surface area (Å²) >= 11 is 0. The molecule has 12 nitrogen and oxygen atoms in total. The Balaban J connectivity index is 1.49. The second-order valence-electron chi connectivity index (χ2n) is 6.40. The zero-order valence-electron chi connectivity index (χ0n) is 15.5. The molecule has 12 heteroatoms. The maximum absolute atomic E-state index is 11.6. The van der Waals surface area contributed by atoms with Gasteiger partial charge in [0.1, 0.15) is 0 Å². The lowest BCUT2D eigenvalue weighted by molar-refractivity contribution is -0.165. The van der Waals surface area contributed by atoms with E-state index in [0.29, 0.717) is 5.71 Å². The van der Waals surface area contributed by atoms with Gasteiger partial charge in [-0.1, -0.05) is 0 Å². The zero-order valence-corrected chi connectivity index (χ0v) is 15.5. The molecule has 0 aromatic rings. The van der Waals surface area contributed by atoms with Gasteiger partial charge in [-0.3, -0.25) is 28.9 Å². The summed E-state index contributed by atoms with van der Waals surface area (Å²) in [5, 5.41) is 21.7. The highest BCUT2D eigenvalue weighted by atomic mass is 16.5. The monoisotopic (exact) mass is 411 g/mol. The molecule has 0 aromatic heterocycles. The van der Waals surface area contributed by atoms with Gasteiger partial charge in [0.2, 0.25) is 5.91 Å². The van der Waals surface area contributed by atoms with Crippen LogP contribution in [-0.2, 0) is 33.4 Å². The summed E-state index contributed by atoms with van der Waals surface area (Å²) in [5.74, 6) is -4.06. The molecule has 1 fully saturated rings. The lowest BCUT2D eigenvalue weighted by Crippen LogP contribution is -2.51. The molecule has 2 aliphatic rings. The summed E-state index contributed by atoms with van der Waals surface area (Å²) in [6.45, 7) is 0.857. The predicted octanol–water partition coefficient (Wildman–Crippen LogP) is -1.24. The smallest absolute Gasteiger partial charge is 0.321 e. The first-order valence-corrected chi connectivity index (χ1v) is 8.76. The number of carbonyl (C=O) groups is 5. The summed E-state index contributed by atoms with van der Waals surface area (Å²) in [4.78, 5) is 57.3.